The average molecular weight is 271 g/mol. The van der Waals surface area contributed by atoms with Gasteiger partial charge in [-0.15, -0.1) is 12.4 Å². The first-order chi connectivity index (χ1) is 8.33. The summed E-state index contributed by atoms with van der Waals surface area (Å²) in [6.45, 7) is 0.984. The molecule has 0 unspecified atom stereocenters. The second kappa shape index (κ2) is 6.93. The van der Waals surface area contributed by atoms with Crippen LogP contribution in [-0.2, 0) is 4.74 Å². The predicted molar refractivity (Wildman–Crippen MR) is 69.8 cm³/mol. The number of aromatic nitrogens is 3. The van der Waals surface area contributed by atoms with Gasteiger partial charge in [0.25, 0.3) is 0 Å². The van der Waals surface area contributed by atoms with E-state index in [-0.39, 0.29) is 12.4 Å². The zero-order chi connectivity index (χ0) is 12.1. The van der Waals surface area contributed by atoms with E-state index in [1.165, 1.54) is 10.9 Å². The highest BCUT2D eigenvalue weighted by molar-refractivity contribution is 5.86. The van der Waals surface area contributed by atoms with E-state index >= 15 is 0 Å². The van der Waals surface area contributed by atoms with Crippen molar-refractivity contribution in [1.29, 1.82) is 0 Å². The topological polar surface area (TPSA) is 83.0 Å². The van der Waals surface area contributed by atoms with E-state index in [0.717, 1.165) is 18.2 Å². The van der Waals surface area contributed by atoms with E-state index in [9.17, 15) is 4.79 Å². The maximum Gasteiger partial charge on any atom is 0.419 e. The summed E-state index contributed by atoms with van der Waals surface area (Å²) in [5, 5.41) is 0.811. The molecule has 0 aliphatic carbocycles. The molecule has 0 aliphatic heterocycles. The van der Waals surface area contributed by atoms with Crippen LogP contribution in [0.4, 0.5) is 4.79 Å². The third-order valence-electron chi connectivity index (χ3n) is 2.37. The highest BCUT2D eigenvalue weighted by Gasteiger charge is 2.10. The van der Waals surface area contributed by atoms with E-state index in [1.54, 1.807) is 18.5 Å². The third-order valence-corrected chi connectivity index (χ3v) is 2.37. The van der Waals surface area contributed by atoms with E-state index in [1.807, 2.05) is 0 Å². The van der Waals surface area contributed by atoms with E-state index in [0.29, 0.717) is 18.8 Å². The molecule has 0 amide bonds. The van der Waals surface area contributed by atoms with Gasteiger partial charge in [-0.05, 0) is 25.5 Å². The van der Waals surface area contributed by atoms with Gasteiger partial charge in [0.05, 0.1) is 6.61 Å². The van der Waals surface area contributed by atoms with Crippen LogP contribution in [-0.4, -0.2) is 33.8 Å². The molecule has 0 radical (unpaired) electrons. The Hall–Kier alpha value is -1.66. The van der Waals surface area contributed by atoms with Crippen LogP contribution in [0, 0.1) is 0 Å². The van der Waals surface area contributed by atoms with Crippen molar-refractivity contribution >= 4 is 29.5 Å². The van der Waals surface area contributed by atoms with E-state index in [2.05, 4.69) is 9.97 Å². The fraction of sp³-hybridized carbons (Fsp3) is 0.364. The molecule has 0 fully saturated rings. The van der Waals surface area contributed by atoms with Gasteiger partial charge >= 0.3 is 6.09 Å². The van der Waals surface area contributed by atoms with Crippen LogP contribution in [0.25, 0.3) is 11.0 Å². The highest BCUT2D eigenvalue weighted by Crippen LogP contribution is 2.11. The Morgan fingerprint density at radius 2 is 2.28 bits per heavy atom. The summed E-state index contributed by atoms with van der Waals surface area (Å²) in [6.07, 6.45) is 5.89. The number of carbonyl (C=O) groups is 1. The van der Waals surface area contributed by atoms with Crippen LogP contribution in [0.1, 0.15) is 12.8 Å². The quantitative estimate of drug-likeness (QED) is 0.853. The van der Waals surface area contributed by atoms with Crippen molar-refractivity contribution in [2.45, 2.75) is 12.8 Å². The fourth-order valence-corrected chi connectivity index (χ4v) is 1.50. The smallest absolute Gasteiger partial charge is 0.419 e. The first-order valence-corrected chi connectivity index (χ1v) is 5.47. The molecule has 0 saturated carbocycles. The number of nitrogens with two attached hydrogens (primary N) is 1. The van der Waals surface area contributed by atoms with Crippen molar-refractivity contribution in [2.75, 3.05) is 13.2 Å². The zero-order valence-corrected chi connectivity index (χ0v) is 10.6. The van der Waals surface area contributed by atoms with Crippen LogP contribution in [0.2, 0.25) is 0 Å². The lowest BCUT2D eigenvalue weighted by atomic mass is 10.3. The molecule has 0 spiro atoms. The minimum absolute atomic E-state index is 0. The van der Waals surface area contributed by atoms with Crippen LogP contribution in [0.15, 0.2) is 24.8 Å². The zero-order valence-electron chi connectivity index (χ0n) is 9.78. The number of carbonyl (C=O) groups excluding carboxylic acids is 1. The van der Waals surface area contributed by atoms with Gasteiger partial charge in [-0.25, -0.2) is 19.3 Å². The number of ether oxygens (including phenoxy) is 1. The lowest BCUT2D eigenvalue weighted by molar-refractivity contribution is 0.147. The molecule has 2 aromatic heterocycles. The number of unbranched alkanes of at least 4 members (excludes halogenated alkanes) is 1. The molecule has 2 rings (SSSR count). The minimum atomic E-state index is -0.421. The molecule has 18 heavy (non-hydrogen) atoms. The van der Waals surface area contributed by atoms with Gasteiger partial charge in [0.1, 0.15) is 6.33 Å². The van der Waals surface area contributed by atoms with Crippen molar-refractivity contribution in [3.8, 4) is 0 Å². The molecule has 0 atom stereocenters. The number of rotatable bonds is 4. The summed E-state index contributed by atoms with van der Waals surface area (Å²) in [5.41, 5.74) is 5.91. The second-order valence-electron chi connectivity index (χ2n) is 3.60. The van der Waals surface area contributed by atoms with Gasteiger partial charge in [-0.3, -0.25) is 0 Å². The first kappa shape index (κ1) is 14.4. The van der Waals surface area contributed by atoms with Crippen molar-refractivity contribution < 1.29 is 9.53 Å². The molecule has 0 saturated heterocycles. The largest absolute Gasteiger partial charge is 0.449 e. The lowest BCUT2D eigenvalue weighted by Gasteiger charge is -2.05. The normalized spacial score (nSPS) is 10.1. The fourth-order valence-electron chi connectivity index (χ4n) is 1.50. The Morgan fingerprint density at radius 1 is 1.44 bits per heavy atom. The summed E-state index contributed by atoms with van der Waals surface area (Å²) in [7, 11) is 0. The number of hydrogen-bond donors (Lipinski definition) is 1. The molecule has 2 N–H and O–H groups in total. The lowest BCUT2D eigenvalue weighted by Crippen LogP contribution is -2.14. The molecule has 0 bridgehead atoms. The molecule has 7 heteroatoms. The molecule has 98 valence electrons. The Bertz CT molecular complexity index is 514. The SMILES string of the molecule is Cl.NCCCCOC(=O)n1ccc2cncnc21. The van der Waals surface area contributed by atoms with Crippen molar-refractivity contribution in [3.05, 3.63) is 24.8 Å². The molecular weight excluding hydrogens is 256 g/mol. The summed E-state index contributed by atoms with van der Waals surface area (Å²) in [4.78, 5) is 19.7. The average Bonchev–Trinajstić information content (AvgIpc) is 2.78. The van der Waals surface area contributed by atoms with Crippen molar-refractivity contribution in [2.24, 2.45) is 5.73 Å². The van der Waals surface area contributed by atoms with Crippen molar-refractivity contribution in [3.63, 3.8) is 0 Å². The summed E-state index contributed by atoms with van der Waals surface area (Å²) in [6, 6.07) is 1.77. The molecular formula is C11H15ClN4O2. The number of hydrogen-bond acceptors (Lipinski definition) is 5. The Morgan fingerprint density at radius 3 is 3.06 bits per heavy atom. The molecule has 2 aromatic rings. The van der Waals surface area contributed by atoms with E-state index in [4.69, 9.17) is 10.5 Å². The van der Waals surface area contributed by atoms with Gasteiger partial charge in [-0.2, -0.15) is 0 Å². The summed E-state index contributed by atoms with van der Waals surface area (Å²) >= 11 is 0. The van der Waals surface area contributed by atoms with Crippen LogP contribution < -0.4 is 5.73 Å². The second-order valence-corrected chi connectivity index (χ2v) is 3.60. The van der Waals surface area contributed by atoms with Gasteiger partial charge in [0.15, 0.2) is 5.65 Å². The van der Waals surface area contributed by atoms with Gasteiger partial charge in [0, 0.05) is 17.8 Å². The Labute approximate surface area is 111 Å². The monoisotopic (exact) mass is 270 g/mol. The van der Waals surface area contributed by atoms with Gasteiger partial charge < -0.3 is 10.5 Å². The Balaban J connectivity index is 0.00000162. The first-order valence-electron chi connectivity index (χ1n) is 5.47. The maximum absolute atomic E-state index is 11.7. The summed E-state index contributed by atoms with van der Waals surface area (Å²) < 4.78 is 6.48. The molecule has 6 nitrogen and oxygen atoms in total. The van der Waals surface area contributed by atoms with Crippen LogP contribution in [0.3, 0.4) is 0 Å². The number of nitrogens with zero attached hydrogens (tertiary/aromatic N) is 3. The predicted octanol–water partition coefficient (Wildman–Crippen LogP) is 1.58. The minimum Gasteiger partial charge on any atom is -0.449 e. The highest BCUT2D eigenvalue weighted by atomic mass is 35.5. The van der Waals surface area contributed by atoms with Gasteiger partial charge in [-0.1, -0.05) is 0 Å². The van der Waals surface area contributed by atoms with Crippen LogP contribution in [0.5, 0.6) is 0 Å². The molecule has 0 aliphatic rings. The number of halogens is 1. The Kier molecular flexibility index (Phi) is 5.54. The maximum atomic E-state index is 11.7. The third kappa shape index (κ3) is 3.18. The van der Waals surface area contributed by atoms with Gasteiger partial charge in [0.2, 0.25) is 0 Å². The number of fused-ring (bicyclic) bond motifs is 1. The van der Waals surface area contributed by atoms with Crippen molar-refractivity contribution in [1.82, 2.24) is 14.5 Å². The summed E-state index contributed by atoms with van der Waals surface area (Å²) in [5.74, 6) is 0. The molecule has 2 heterocycles. The molecule has 0 aromatic carbocycles. The standard InChI is InChI=1S/C11H14N4O2.ClH/c12-4-1-2-6-17-11(16)15-5-3-9-7-13-8-14-10(9)15;/h3,5,7-8H,1-2,4,6,12H2;1H. The van der Waals surface area contributed by atoms with E-state index < -0.39 is 6.09 Å². The van der Waals surface area contributed by atoms with Crippen LogP contribution >= 0.6 is 12.4 Å².